The fraction of sp³-hybridized carbons (Fsp3) is 0.406. The number of fused-ring (bicyclic) bond motifs is 1. The first-order valence-corrected chi connectivity index (χ1v) is 15.4. The molecule has 2 fully saturated rings. The molecule has 0 saturated carbocycles. The number of aromatic nitrogens is 1. The van der Waals surface area contributed by atoms with Crippen molar-refractivity contribution in [1.29, 1.82) is 5.26 Å². The maximum Gasteiger partial charge on any atom is 0.337 e. The number of benzene rings is 2. The number of ether oxygens (including phenoxy) is 2. The van der Waals surface area contributed by atoms with Crippen LogP contribution in [0, 0.1) is 17.1 Å². The highest BCUT2D eigenvalue weighted by molar-refractivity contribution is 8.01. The van der Waals surface area contributed by atoms with Crippen LogP contribution in [0.1, 0.15) is 52.4 Å². The number of likely N-dealkylation sites (tertiary alicyclic amines) is 1. The van der Waals surface area contributed by atoms with Crippen LogP contribution in [0.4, 0.5) is 15.8 Å². The molecule has 2 unspecified atom stereocenters. The molecule has 0 bridgehead atoms. The van der Waals surface area contributed by atoms with E-state index in [1.165, 1.54) is 25.3 Å². The molecule has 4 heterocycles. The summed E-state index contributed by atoms with van der Waals surface area (Å²) in [6, 6.07) is 17.9. The molecule has 2 aromatic carbocycles. The summed E-state index contributed by atoms with van der Waals surface area (Å²) in [6.45, 7) is 3.82. The van der Waals surface area contributed by atoms with Gasteiger partial charge in [0.2, 0.25) is 5.88 Å². The fourth-order valence-electron chi connectivity index (χ4n) is 5.86. The van der Waals surface area contributed by atoms with Gasteiger partial charge in [-0.1, -0.05) is 12.1 Å². The van der Waals surface area contributed by atoms with E-state index in [4.69, 9.17) is 19.7 Å². The largest absolute Gasteiger partial charge is 0.473 e. The van der Waals surface area contributed by atoms with Crippen LogP contribution in [0.2, 0.25) is 0 Å². The number of anilines is 2. The number of piperidine rings is 1. The van der Waals surface area contributed by atoms with Crippen molar-refractivity contribution in [1.82, 2.24) is 9.88 Å². The van der Waals surface area contributed by atoms with E-state index in [9.17, 15) is 9.18 Å². The third-order valence-corrected chi connectivity index (χ3v) is 9.69. The first-order valence-electron chi connectivity index (χ1n) is 14.4. The molecule has 1 N–H and O–H groups in total. The van der Waals surface area contributed by atoms with Gasteiger partial charge in [-0.05, 0) is 74.5 Å². The zero-order valence-electron chi connectivity index (χ0n) is 23.6. The number of rotatable bonds is 9. The van der Waals surface area contributed by atoms with E-state index >= 15 is 0 Å². The number of thioether (sulfide) groups is 1. The van der Waals surface area contributed by atoms with Crippen LogP contribution in [-0.2, 0) is 11.3 Å². The highest BCUT2D eigenvalue weighted by atomic mass is 32.2. The van der Waals surface area contributed by atoms with E-state index in [1.54, 1.807) is 18.2 Å². The first-order chi connectivity index (χ1) is 20.5. The Morgan fingerprint density at radius 2 is 1.98 bits per heavy atom. The molecule has 6 rings (SSSR count). The second kappa shape index (κ2) is 12.6. The molecule has 2 atom stereocenters. The number of nitriles is 1. The number of carbonyl (C=O) groups is 1. The average Bonchev–Trinajstić information content (AvgIpc) is 3.34. The van der Waals surface area contributed by atoms with Crippen molar-refractivity contribution < 1.29 is 18.7 Å². The number of methoxy groups -OCH3 is 1. The van der Waals surface area contributed by atoms with Crippen molar-refractivity contribution in [3.8, 4) is 11.9 Å². The number of nitrogens with zero attached hydrogens (tertiary/aromatic N) is 4. The van der Waals surface area contributed by atoms with Crippen molar-refractivity contribution in [2.45, 2.75) is 43.2 Å². The van der Waals surface area contributed by atoms with Crippen molar-refractivity contribution in [2.75, 3.05) is 49.3 Å². The first kappa shape index (κ1) is 28.3. The number of carbonyl (C=O) groups excluding carboxylic acids is 1. The van der Waals surface area contributed by atoms with E-state index in [1.807, 2.05) is 48.2 Å². The summed E-state index contributed by atoms with van der Waals surface area (Å²) in [5, 5.41) is 13.3. The van der Waals surface area contributed by atoms with Crippen LogP contribution in [0.3, 0.4) is 0 Å². The second-order valence-electron chi connectivity index (χ2n) is 11.0. The van der Waals surface area contributed by atoms with Gasteiger partial charge in [0, 0.05) is 41.6 Å². The third kappa shape index (κ3) is 6.18. The standard InChI is InChI=1S/C32H34FN5O3S/c1-40-32(39)23-7-8-28-29(16-23)38(18-25-11-14-42-25)30(35-28)19-37-12-9-22(10-13-37)27-3-2-4-31(36-27)41-20-24-6-5-21(17-34)15-26(24)33/h2-8,15-16,22,25,30,35H,9-14,18-20H2,1H3. The monoisotopic (exact) mass is 587 g/mol. The Morgan fingerprint density at radius 1 is 1.14 bits per heavy atom. The molecule has 0 radical (unpaired) electrons. The van der Waals surface area contributed by atoms with Crippen LogP contribution in [0.25, 0.3) is 0 Å². The molecule has 10 heteroatoms. The minimum Gasteiger partial charge on any atom is -0.473 e. The predicted octanol–water partition coefficient (Wildman–Crippen LogP) is 5.40. The second-order valence-corrected chi connectivity index (χ2v) is 12.4. The number of nitrogens with one attached hydrogen (secondary N) is 1. The Bertz CT molecular complexity index is 1490. The minimum atomic E-state index is -0.452. The summed E-state index contributed by atoms with van der Waals surface area (Å²) in [4.78, 5) is 21.9. The minimum absolute atomic E-state index is 0.0558. The maximum absolute atomic E-state index is 14.3. The van der Waals surface area contributed by atoms with Crippen LogP contribution in [-0.4, -0.2) is 66.3 Å². The Balaban J connectivity index is 1.06. The molecule has 1 aromatic heterocycles. The van der Waals surface area contributed by atoms with Gasteiger partial charge in [0.05, 0.1) is 35.7 Å². The molecule has 0 aliphatic carbocycles. The highest BCUT2D eigenvalue weighted by Gasteiger charge is 2.35. The average molecular weight is 588 g/mol. The maximum atomic E-state index is 14.3. The summed E-state index contributed by atoms with van der Waals surface area (Å²) in [6.07, 6.45) is 3.35. The smallest absolute Gasteiger partial charge is 0.337 e. The molecular formula is C32H34FN5O3S. The van der Waals surface area contributed by atoms with E-state index in [2.05, 4.69) is 15.1 Å². The normalized spacial score (nSPS) is 20.3. The van der Waals surface area contributed by atoms with Gasteiger partial charge in [0.1, 0.15) is 18.6 Å². The summed E-state index contributed by atoms with van der Waals surface area (Å²) >= 11 is 2.01. The van der Waals surface area contributed by atoms with Crippen molar-refractivity contribution in [2.24, 2.45) is 0 Å². The predicted molar refractivity (Wildman–Crippen MR) is 162 cm³/mol. The summed E-state index contributed by atoms with van der Waals surface area (Å²) in [5.41, 5.74) is 4.39. The van der Waals surface area contributed by atoms with Gasteiger partial charge < -0.3 is 19.7 Å². The summed E-state index contributed by atoms with van der Waals surface area (Å²) in [7, 11) is 1.42. The van der Waals surface area contributed by atoms with Crippen LogP contribution in [0.15, 0.2) is 54.6 Å². The van der Waals surface area contributed by atoms with Gasteiger partial charge in [-0.2, -0.15) is 17.0 Å². The molecular weight excluding hydrogens is 553 g/mol. The number of pyridine rings is 1. The lowest BCUT2D eigenvalue weighted by Crippen LogP contribution is -2.49. The molecule has 3 aliphatic heterocycles. The Kier molecular flexibility index (Phi) is 8.49. The molecule has 0 spiro atoms. The van der Waals surface area contributed by atoms with Crippen molar-refractivity contribution in [3.05, 3.63) is 82.8 Å². The Labute approximate surface area is 249 Å². The van der Waals surface area contributed by atoms with E-state index in [-0.39, 0.29) is 24.3 Å². The van der Waals surface area contributed by atoms with Gasteiger partial charge in [-0.15, -0.1) is 0 Å². The summed E-state index contributed by atoms with van der Waals surface area (Å²) < 4.78 is 25.0. The zero-order valence-corrected chi connectivity index (χ0v) is 24.4. The fourth-order valence-corrected chi connectivity index (χ4v) is 6.69. The third-order valence-electron chi connectivity index (χ3n) is 8.36. The van der Waals surface area contributed by atoms with Gasteiger partial charge in [-0.3, -0.25) is 4.90 Å². The molecule has 3 aliphatic rings. The highest BCUT2D eigenvalue weighted by Crippen LogP contribution is 2.39. The van der Waals surface area contributed by atoms with Gasteiger partial charge in [0.25, 0.3) is 0 Å². The molecule has 0 amide bonds. The van der Waals surface area contributed by atoms with E-state index in [0.717, 1.165) is 56.1 Å². The molecule has 2 saturated heterocycles. The van der Waals surface area contributed by atoms with E-state index in [0.29, 0.717) is 28.2 Å². The van der Waals surface area contributed by atoms with Crippen molar-refractivity contribution in [3.63, 3.8) is 0 Å². The van der Waals surface area contributed by atoms with Crippen LogP contribution < -0.4 is 15.0 Å². The quantitative estimate of drug-likeness (QED) is 0.331. The van der Waals surface area contributed by atoms with Gasteiger partial charge >= 0.3 is 5.97 Å². The summed E-state index contributed by atoms with van der Waals surface area (Å²) in [5.74, 6) is 1.25. The number of hydrogen-bond donors (Lipinski definition) is 1. The zero-order chi connectivity index (χ0) is 29.1. The van der Waals surface area contributed by atoms with Crippen molar-refractivity contribution >= 4 is 29.1 Å². The number of esters is 1. The molecule has 3 aromatic rings. The SMILES string of the molecule is COC(=O)c1ccc2c(c1)N(CC1CCS1)C(CN1CCC(c3cccc(OCc4ccc(C#N)cc4F)n3)CC1)N2. The Hall–Kier alpha value is -3.81. The van der Waals surface area contributed by atoms with Crippen LogP contribution >= 0.6 is 11.8 Å². The van der Waals surface area contributed by atoms with Crippen LogP contribution in [0.5, 0.6) is 5.88 Å². The molecule has 218 valence electrons. The Morgan fingerprint density at radius 3 is 2.69 bits per heavy atom. The van der Waals surface area contributed by atoms with Gasteiger partial charge in [0.15, 0.2) is 0 Å². The lowest BCUT2D eigenvalue weighted by Gasteiger charge is -2.38. The lowest BCUT2D eigenvalue weighted by atomic mass is 9.93. The lowest BCUT2D eigenvalue weighted by molar-refractivity contribution is 0.0601. The van der Waals surface area contributed by atoms with Gasteiger partial charge in [-0.25, -0.2) is 14.2 Å². The number of halogens is 1. The molecule has 8 nitrogen and oxygen atoms in total. The topological polar surface area (TPSA) is 90.7 Å². The molecule has 42 heavy (non-hydrogen) atoms. The number of hydrogen-bond acceptors (Lipinski definition) is 9. The van der Waals surface area contributed by atoms with E-state index < -0.39 is 5.82 Å².